The monoisotopic (exact) mass is 307 g/mol. The van der Waals surface area contributed by atoms with Crippen LogP contribution in [0.2, 0.25) is 0 Å². The lowest BCUT2D eigenvalue weighted by Crippen LogP contribution is -2.18. The average molecular weight is 308 g/mol. The predicted octanol–water partition coefficient (Wildman–Crippen LogP) is 4.44. The van der Waals surface area contributed by atoms with Crippen LogP contribution in [-0.2, 0) is 6.54 Å². The van der Waals surface area contributed by atoms with E-state index in [1.54, 1.807) is 12.1 Å². The molecule has 0 heterocycles. The first-order chi connectivity index (χ1) is 8.66. The van der Waals surface area contributed by atoms with Gasteiger partial charge in [0.15, 0.2) is 0 Å². The molecule has 0 fully saturated rings. The van der Waals surface area contributed by atoms with E-state index in [9.17, 15) is 4.39 Å². The Hall–Kier alpha value is -1.19. The van der Waals surface area contributed by atoms with Crippen LogP contribution in [0.25, 0.3) is 0 Å². The van der Waals surface area contributed by atoms with Crippen molar-refractivity contribution in [3.8, 4) is 0 Å². The highest BCUT2D eigenvalue weighted by atomic mass is 79.9. The molecule has 0 radical (unpaired) electrons. The second-order valence-electron chi connectivity index (χ2n) is 4.25. The lowest BCUT2D eigenvalue weighted by Gasteiger charge is -2.15. The quantitative estimate of drug-likeness (QED) is 0.880. The summed E-state index contributed by atoms with van der Waals surface area (Å²) >= 11 is 3.43. The van der Waals surface area contributed by atoms with Gasteiger partial charge in [0, 0.05) is 17.1 Å². The molecule has 0 aromatic heterocycles. The first-order valence-corrected chi connectivity index (χ1v) is 6.68. The molecule has 2 aromatic carbocycles. The van der Waals surface area contributed by atoms with Crippen molar-refractivity contribution in [3.63, 3.8) is 0 Å². The van der Waals surface area contributed by atoms with Crippen molar-refractivity contribution >= 4 is 15.9 Å². The number of hydrogen-bond acceptors (Lipinski definition) is 1. The Balaban J connectivity index is 2.01. The summed E-state index contributed by atoms with van der Waals surface area (Å²) in [6, 6.07) is 15.2. The molecule has 0 aliphatic carbocycles. The third kappa shape index (κ3) is 3.40. The van der Waals surface area contributed by atoms with Gasteiger partial charge in [0.25, 0.3) is 0 Å². The summed E-state index contributed by atoms with van der Waals surface area (Å²) in [5.41, 5.74) is 2.16. The lowest BCUT2D eigenvalue weighted by molar-refractivity contribution is 0.568. The Labute approximate surface area is 115 Å². The molecule has 1 nitrogen and oxygen atoms in total. The molecule has 18 heavy (non-hydrogen) atoms. The third-order valence-electron chi connectivity index (χ3n) is 2.91. The normalized spacial score (nSPS) is 12.4. The van der Waals surface area contributed by atoms with Crippen LogP contribution in [0.4, 0.5) is 4.39 Å². The molecule has 0 bridgehead atoms. The van der Waals surface area contributed by atoms with Crippen LogP contribution in [0.3, 0.4) is 0 Å². The van der Waals surface area contributed by atoms with Gasteiger partial charge in [-0.3, -0.25) is 0 Å². The molecule has 0 saturated carbocycles. The third-order valence-corrected chi connectivity index (χ3v) is 3.68. The molecule has 3 heteroatoms. The fourth-order valence-electron chi connectivity index (χ4n) is 1.80. The van der Waals surface area contributed by atoms with E-state index < -0.39 is 0 Å². The molecule has 0 amide bonds. The van der Waals surface area contributed by atoms with Gasteiger partial charge < -0.3 is 5.32 Å². The lowest BCUT2D eigenvalue weighted by atomic mass is 10.1. The smallest absolute Gasteiger partial charge is 0.123 e. The standard InChI is InChI=1S/C15H15BrFN/c1-11(12-5-3-2-4-6-12)18-10-13-9-14(17)7-8-15(13)16/h2-9,11,18H,10H2,1H3/t11-/m0/s1. The van der Waals surface area contributed by atoms with Gasteiger partial charge in [-0.1, -0.05) is 46.3 Å². The zero-order valence-corrected chi connectivity index (χ0v) is 11.7. The van der Waals surface area contributed by atoms with Gasteiger partial charge in [0.2, 0.25) is 0 Å². The Kier molecular flexibility index (Phi) is 4.50. The molecule has 94 valence electrons. The predicted molar refractivity (Wildman–Crippen MR) is 75.8 cm³/mol. The summed E-state index contributed by atoms with van der Waals surface area (Å²) in [5, 5.41) is 3.39. The minimum Gasteiger partial charge on any atom is -0.306 e. The summed E-state index contributed by atoms with van der Waals surface area (Å²) in [7, 11) is 0. The highest BCUT2D eigenvalue weighted by Crippen LogP contribution is 2.19. The fourth-order valence-corrected chi connectivity index (χ4v) is 2.19. The van der Waals surface area contributed by atoms with E-state index in [1.807, 2.05) is 18.2 Å². The first kappa shape index (κ1) is 13.2. The van der Waals surface area contributed by atoms with E-state index in [0.717, 1.165) is 10.0 Å². The molecule has 0 unspecified atom stereocenters. The Bertz CT molecular complexity index is 513. The number of benzene rings is 2. The summed E-state index contributed by atoms with van der Waals surface area (Å²) in [6.07, 6.45) is 0. The fraction of sp³-hybridized carbons (Fsp3) is 0.200. The van der Waals surface area contributed by atoms with Crippen molar-refractivity contribution in [2.24, 2.45) is 0 Å². The average Bonchev–Trinajstić information content (AvgIpc) is 2.40. The van der Waals surface area contributed by atoms with Gasteiger partial charge in [0.1, 0.15) is 5.82 Å². The molecular formula is C15H15BrFN. The maximum absolute atomic E-state index is 13.1. The van der Waals surface area contributed by atoms with Crippen molar-refractivity contribution in [1.82, 2.24) is 5.32 Å². The highest BCUT2D eigenvalue weighted by molar-refractivity contribution is 9.10. The van der Waals surface area contributed by atoms with Gasteiger partial charge in [-0.25, -0.2) is 4.39 Å². The van der Waals surface area contributed by atoms with E-state index in [-0.39, 0.29) is 11.9 Å². The number of halogens is 2. The van der Waals surface area contributed by atoms with Crippen LogP contribution in [-0.4, -0.2) is 0 Å². The van der Waals surface area contributed by atoms with Crippen molar-refractivity contribution in [1.29, 1.82) is 0 Å². The second kappa shape index (κ2) is 6.12. The van der Waals surface area contributed by atoms with Crippen molar-refractivity contribution < 1.29 is 4.39 Å². The number of nitrogens with one attached hydrogen (secondary N) is 1. The van der Waals surface area contributed by atoms with E-state index in [2.05, 4.69) is 40.3 Å². The maximum Gasteiger partial charge on any atom is 0.123 e. The molecule has 1 N–H and O–H groups in total. The molecule has 2 rings (SSSR count). The molecule has 0 saturated heterocycles. The summed E-state index contributed by atoms with van der Waals surface area (Å²) in [4.78, 5) is 0. The first-order valence-electron chi connectivity index (χ1n) is 5.89. The van der Waals surface area contributed by atoms with Gasteiger partial charge in [0.05, 0.1) is 0 Å². The molecule has 1 atom stereocenters. The van der Waals surface area contributed by atoms with Crippen molar-refractivity contribution in [2.45, 2.75) is 19.5 Å². The zero-order chi connectivity index (χ0) is 13.0. The van der Waals surface area contributed by atoms with Crippen molar-refractivity contribution in [3.05, 3.63) is 69.9 Å². The van der Waals surface area contributed by atoms with Gasteiger partial charge in [-0.2, -0.15) is 0 Å². The largest absolute Gasteiger partial charge is 0.306 e. The Morgan fingerprint density at radius 3 is 2.61 bits per heavy atom. The van der Waals surface area contributed by atoms with Gasteiger partial charge in [-0.15, -0.1) is 0 Å². The van der Waals surface area contributed by atoms with Gasteiger partial charge >= 0.3 is 0 Å². The topological polar surface area (TPSA) is 12.0 Å². The molecule has 0 spiro atoms. The molecule has 0 aliphatic heterocycles. The minimum absolute atomic E-state index is 0.206. The molecule has 0 aliphatic rings. The van der Waals surface area contributed by atoms with Crippen LogP contribution in [0.5, 0.6) is 0 Å². The van der Waals surface area contributed by atoms with Gasteiger partial charge in [-0.05, 0) is 36.2 Å². The van der Waals surface area contributed by atoms with Crippen LogP contribution in [0, 0.1) is 5.82 Å². The van der Waals surface area contributed by atoms with E-state index in [1.165, 1.54) is 11.6 Å². The Morgan fingerprint density at radius 1 is 1.17 bits per heavy atom. The van der Waals surface area contributed by atoms with Crippen LogP contribution < -0.4 is 5.32 Å². The number of hydrogen-bond donors (Lipinski definition) is 1. The SMILES string of the molecule is C[C@H](NCc1cc(F)ccc1Br)c1ccccc1. The number of rotatable bonds is 4. The zero-order valence-electron chi connectivity index (χ0n) is 10.2. The Morgan fingerprint density at radius 2 is 1.89 bits per heavy atom. The van der Waals surface area contributed by atoms with E-state index >= 15 is 0 Å². The maximum atomic E-state index is 13.1. The summed E-state index contributed by atoms with van der Waals surface area (Å²) in [5.74, 6) is -0.206. The minimum atomic E-state index is -0.206. The second-order valence-corrected chi connectivity index (χ2v) is 5.10. The van der Waals surface area contributed by atoms with Crippen molar-refractivity contribution in [2.75, 3.05) is 0 Å². The van der Waals surface area contributed by atoms with Crippen LogP contribution in [0.15, 0.2) is 53.0 Å². The molecular weight excluding hydrogens is 293 g/mol. The molecule has 2 aromatic rings. The van der Waals surface area contributed by atoms with E-state index in [0.29, 0.717) is 6.54 Å². The van der Waals surface area contributed by atoms with Crippen LogP contribution in [0.1, 0.15) is 24.1 Å². The van der Waals surface area contributed by atoms with Crippen LogP contribution >= 0.6 is 15.9 Å². The van der Waals surface area contributed by atoms with E-state index in [4.69, 9.17) is 0 Å². The summed E-state index contributed by atoms with van der Waals surface area (Å²) in [6.45, 7) is 2.73. The highest BCUT2D eigenvalue weighted by Gasteiger charge is 2.06. The summed E-state index contributed by atoms with van der Waals surface area (Å²) < 4.78 is 14.1.